The largest absolute Gasteiger partial charge is 0.330 e. The first-order valence-corrected chi connectivity index (χ1v) is 7.66. The van der Waals surface area contributed by atoms with Crippen LogP contribution in [0.25, 0.3) is 0 Å². The van der Waals surface area contributed by atoms with Crippen molar-refractivity contribution in [2.75, 3.05) is 20.1 Å². The zero-order valence-corrected chi connectivity index (χ0v) is 13.6. The fourth-order valence-corrected chi connectivity index (χ4v) is 3.05. The second-order valence-corrected chi connectivity index (χ2v) is 7.58. The van der Waals surface area contributed by atoms with E-state index in [1.54, 1.807) is 0 Å². The highest BCUT2D eigenvalue weighted by atomic mass is 35.5. The van der Waals surface area contributed by atoms with Gasteiger partial charge in [0, 0.05) is 13.6 Å². The molecular weight excluding hydrogens is 303 g/mol. The molecule has 0 aliphatic carbocycles. The zero-order chi connectivity index (χ0) is 14.7. The lowest BCUT2D eigenvalue weighted by atomic mass is 9.94. The maximum Gasteiger partial charge on any atom is 0.218 e. The van der Waals surface area contributed by atoms with Gasteiger partial charge in [-0.05, 0) is 29.7 Å². The second-order valence-electron chi connectivity index (χ2n) is 5.51. The van der Waals surface area contributed by atoms with Gasteiger partial charge in [-0.3, -0.25) is 0 Å². The quantitative estimate of drug-likeness (QED) is 0.870. The molecule has 20 heavy (non-hydrogen) atoms. The van der Waals surface area contributed by atoms with Gasteiger partial charge in [0.2, 0.25) is 10.0 Å². The summed E-state index contributed by atoms with van der Waals surface area (Å²) in [6, 6.07) is 5.48. The SMILES string of the molecule is CN(CC(C)(C)CN)S(=O)(=O)Cc1ccc(F)cc1.Cl. The Kier molecular flexibility index (Phi) is 7.10. The minimum Gasteiger partial charge on any atom is -0.330 e. The molecule has 0 bridgehead atoms. The van der Waals surface area contributed by atoms with E-state index in [-0.39, 0.29) is 29.4 Å². The number of nitrogens with zero attached hydrogens (tertiary/aromatic N) is 1. The van der Waals surface area contributed by atoms with Crippen molar-refractivity contribution in [3.05, 3.63) is 35.6 Å². The minimum atomic E-state index is -3.41. The lowest BCUT2D eigenvalue weighted by Gasteiger charge is -2.28. The number of hydrogen-bond acceptors (Lipinski definition) is 3. The molecule has 0 atom stereocenters. The van der Waals surface area contributed by atoms with Crippen LogP contribution < -0.4 is 5.73 Å². The summed E-state index contributed by atoms with van der Waals surface area (Å²) in [4.78, 5) is 0. The van der Waals surface area contributed by atoms with Crippen LogP contribution in [0.4, 0.5) is 4.39 Å². The summed E-state index contributed by atoms with van der Waals surface area (Å²) < 4.78 is 38.4. The topological polar surface area (TPSA) is 63.4 Å². The van der Waals surface area contributed by atoms with Gasteiger partial charge in [0.05, 0.1) is 5.75 Å². The molecule has 2 N–H and O–H groups in total. The van der Waals surface area contributed by atoms with Gasteiger partial charge in [-0.15, -0.1) is 12.4 Å². The normalized spacial score (nSPS) is 12.3. The van der Waals surface area contributed by atoms with Crippen molar-refractivity contribution in [2.45, 2.75) is 19.6 Å². The Balaban J connectivity index is 0.00000361. The summed E-state index contributed by atoms with van der Waals surface area (Å²) in [5, 5.41) is 0. The number of nitrogens with two attached hydrogens (primary N) is 1. The molecule has 116 valence electrons. The van der Waals surface area contributed by atoms with Crippen LogP contribution in [-0.2, 0) is 15.8 Å². The van der Waals surface area contributed by atoms with Gasteiger partial charge in [-0.1, -0.05) is 26.0 Å². The summed E-state index contributed by atoms with van der Waals surface area (Å²) in [7, 11) is -1.88. The molecule has 4 nitrogen and oxygen atoms in total. The van der Waals surface area contributed by atoms with E-state index < -0.39 is 10.0 Å². The van der Waals surface area contributed by atoms with Crippen molar-refractivity contribution in [3.63, 3.8) is 0 Å². The summed E-state index contributed by atoms with van der Waals surface area (Å²) in [6.07, 6.45) is 0. The summed E-state index contributed by atoms with van der Waals surface area (Å²) in [5.41, 5.74) is 5.90. The molecule has 1 aromatic carbocycles. The van der Waals surface area contributed by atoms with Crippen LogP contribution in [0.15, 0.2) is 24.3 Å². The van der Waals surface area contributed by atoms with Crippen molar-refractivity contribution in [1.29, 1.82) is 0 Å². The van der Waals surface area contributed by atoms with Gasteiger partial charge in [0.15, 0.2) is 0 Å². The molecule has 0 radical (unpaired) electrons. The molecule has 0 saturated heterocycles. The van der Waals surface area contributed by atoms with Crippen molar-refractivity contribution >= 4 is 22.4 Å². The van der Waals surface area contributed by atoms with Crippen LogP contribution in [0.5, 0.6) is 0 Å². The van der Waals surface area contributed by atoms with Crippen LogP contribution >= 0.6 is 12.4 Å². The van der Waals surface area contributed by atoms with Gasteiger partial charge < -0.3 is 5.73 Å². The van der Waals surface area contributed by atoms with E-state index >= 15 is 0 Å². The van der Waals surface area contributed by atoms with Gasteiger partial charge in [0.1, 0.15) is 5.82 Å². The highest BCUT2D eigenvalue weighted by Crippen LogP contribution is 2.18. The van der Waals surface area contributed by atoms with E-state index in [9.17, 15) is 12.8 Å². The molecule has 0 aliphatic rings. The highest BCUT2D eigenvalue weighted by molar-refractivity contribution is 7.88. The Labute approximate surface area is 126 Å². The standard InChI is InChI=1S/C13H21FN2O2S.ClH/c1-13(2,9-15)10-16(3)19(17,18)8-11-4-6-12(14)7-5-11;/h4-7H,8-10,15H2,1-3H3;1H. The van der Waals surface area contributed by atoms with Gasteiger partial charge in [-0.25, -0.2) is 17.1 Å². The van der Waals surface area contributed by atoms with E-state index in [2.05, 4.69) is 0 Å². The van der Waals surface area contributed by atoms with Crippen molar-refractivity contribution in [1.82, 2.24) is 4.31 Å². The molecule has 0 fully saturated rings. The van der Waals surface area contributed by atoms with E-state index in [0.29, 0.717) is 18.7 Å². The average molecular weight is 325 g/mol. The van der Waals surface area contributed by atoms with Crippen LogP contribution in [0.3, 0.4) is 0 Å². The van der Waals surface area contributed by atoms with Crippen LogP contribution in [0, 0.1) is 11.2 Å². The Bertz CT molecular complexity index is 518. The first-order chi connectivity index (χ1) is 8.66. The lowest BCUT2D eigenvalue weighted by molar-refractivity contribution is 0.291. The Morgan fingerprint density at radius 3 is 2.20 bits per heavy atom. The molecule has 0 heterocycles. The third-order valence-electron chi connectivity index (χ3n) is 2.94. The van der Waals surface area contributed by atoms with Crippen LogP contribution in [0.1, 0.15) is 19.4 Å². The van der Waals surface area contributed by atoms with Gasteiger partial charge in [0.25, 0.3) is 0 Å². The number of rotatable bonds is 6. The number of hydrogen-bond donors (Lipinski definition) is 1. The summed E-state index contributed by atoms with van der Waals surface area (Å²) in [6.45, 7) is 4.59. The molecule has 1 aromatic rings. The van der Waals surface area contributed by atoms with Gasteiger partial charge in [-0.2, -0.15) is 0 Å². The molecule has 0 amide bonds. The molecule has 7 heteroatoms. The van der Waals surface area contributed by atoms with Crippen molar-refractivity contribution in [2.24, 2.45) is 11.1 Å². The molecule has 0 spiro atoms. The molecule has 0 aliphatic heterocycles. The summed E-state index contributed by atoms with van der Waals surface area (Å²) in [5.74, 6) is -0.511. The van der Waals surface area contributed by atoms with E-state index in [0.717, 1.165) is 0 Å². The third kappa shape index (κ3) is 5.75. The number of halogens is 2. The molecule has 0 saturated carbocycles. The van der Waals surface area contributed by atoms with E-state index in [1.165, 1.54) is 35.6 Å². The fraction of sp³-hybridized carbons (Fsp3) is 0.538. The minimum absolute atomic E-state index is 0. The zero-order valence-electron chi connectivity index (χ0n) is 12.0. The predicted molar refractivity (Wildman–Crippen MR) is 81.7 cm³/mol. The van der Waals surface area contributed by atoms with Crippen molar-refractivity contribution in [3.8, 4) is 0 Å². The smallest absolute Gasteiger partial charge is 0.218 e. The van der Waals surface area contributed by atoms with Crippen molar-refractivity contribution < 1.29 is 12.8 Å². The van der Waals surface area contributed by atoms with Crippen LogP contribution in [-0.4, -0.2) is 32.9 Å². The highest BCUT2D eigenvalue weighted by Gasteiger charge is 2.25. The monoisotopic (exact) mass is 324 g/mol. The Morgan fingerprint density at radius 2 is 1.75 bits per heavy atom. The average Bonchev–Trinajstić information content (AvgIpc) is 2.31. The maximum atomic E-state index is 12.8. The number of benzene rings is 1. The van der Waals surface area contributed by atoms with Crippen LogP contribution in [0.2, 0.25) is 0 Å². The molecule has 0 unspecified atom stereocenters. The predicted octanol–water partition coefficient (Wildman–Crippen LogP) is 1.99. The first kappa shape index (κ1) is 19.3. The van der Waals surface area contributed by atoms with E-state index in [4.69, 9.17) is 5.73 Å². The molecule has 1 rings (SSSR count). The lowest BCUT2D eigenvalue weighted by Crippen LogP contribution is -2.40. The summed E-state index contributed by atoms with van der Waals surface area (Å²) >= 11 is 0. The number of sulfonamides is 1. The Hall–Kier alpha value is -0.690. The second kappa shape index (κ2) is 7.36. The first-order valence-electron chi connectivity index (χ1n) is 6.05. The maximum absolute atomic E-state index is 12.8. The third-order valence-corrected chi connectivity index (χ3v) is 4.72. The molecule has 0 aromatic heterocycles. The molecular formula is C13H22ClFN2O2S. The van der Waals surface area contributed by atoms with E-state index in [1.807, 2.05) is 13.8 Å². The fourth-order valence-electron chi connectivity index (χ4n) is 1.67. The van der Waals surface area contributed by atoms with Gasteiger partial charge >= 0.3 is 0 Å². The Morgan fingerprint density at radius 1 is 1.25 bits per heavy atom.